The Bertz CT molecular complexity index is 1430. The first-order chi connectivity index (χ1) is 20.2. The Balaban J connectivity index is 1.63. The van der Waals surface area contributed by atoms with E-state index < -0.39 is 41.6 Å². The van der Waals surface area contributed by atoms with E-state index in [0.29, 0.717) is 18.9 Å². The maximum Gasteiger partial charge on any atom is 0.326 e. The van der Waals surface area contributed by atoms with Gasteiger partial charge in [-0.05, 0) is 54.4 Å². The summed E-state index contributed by atoms with van der Waals surface area (Å²) in [5.74, 6) is -1.35. The van der Waals surface area contributed by atoms with Crippen LogP contribution >= 0.6 is 0 Å². The van der Waals surface area contributed by atoms with Crippen LogP contribution in [0.1, 0.15) is 69.7 Å². The van der Waals surface area contributed by atoms with Crippen molar-refractivity contribution in [2.45, 2.75) is 84.3 Å². The lowest BCUT2D eigenvalue weighted by atomic mass is 9.73. The minimum Gasteiger partial charge on any atom is -0.481 e. The van der Waals surface area contributed by atoms with E-state index >= 15 is 0 Å². The van der Waals surface area contributed by atoms with Crippen LogP contribution in [0.4, 0.5) is 0 Å². The number of rotatable bonds is 8. The van der Waals surface area contributed by atoms with E-state index in [0.717, 1.165) is 46.9 Å². The number of pyridine rings is 1. The SMILES string of the molecule is CCc1ccccc1[C@H]1[C@@H](OCc2cc3ccccc3nc2OC)[C@H](C(C)(C)C)[C@@H](C(=O)O)N1C(=O)[C@@H]1CCCCO1. The molecule has 2 aliphatic rings. The van der Waals surface area contributed by atoms with Crippen LogP contribution < -0.4 is 4.74 Å². The van der Waals surface area contributed by atoms with E-state index in [9.17, 15) is 14.7 Å². The fourth-order valence-corrected chi connectivity index (χ4v) is 6.77. The summed E-state index contributed by atoms with van der Waals surface area (Å²) in [7, 11) is 1.58. The third-order valence-corrected chi connectivity index (χ3v) is 8.71. The van der Waals surface area contributed by atoms with Gasteiger partial charge in [-0.15, -0.1) is 0 Å². The van der Waals surface area contributed by atoms with Gasteiger partial charge in [-0.3, -0.25) is 4.79 Å². The third-order valence-electron chi connectivity index (χ3n) is 8.71. The number of para-hydroxylation sites is 1. The van der Waals surface area contributed by atoms with Gasteiger partial charge < -0.3 is 24.2 Å². The summed E-state index contributed by atoms with van der Waals surface area (Å²) in [5.41, 5.74) is 3.05. The van der Waals surface area contributed by atoms with Gasteiger partial charge in [-0.1, -0.05) is 70.2 Å². The van der Waals surface area contributed by atoms with Gasteiger partial charge in [0.2, 0.25) is 5.88 Å². The van der Waals surface area contributed by atoms with Gasteiger partial charge in [0.05, 0.1) is 31.4 Å². The predicted octanol–water partition coefficient (Wildman–Crippen LogP) is 5.96. The fourth-order valence-electron chi connectivity index (χ4n) is 6.77. The number of methoxy groups -OCH3 is 1. The second-order valence-electron chi connectivity index (χ2n) is 12.4. The maximum atomic E-state index is 14.3. The molecule has 1 aromatic heterocycles. The van der Waals surface area contributed by atoms with Crippen molar-refractivity contribution in [2.75, 3.05) is 13.7 Å². The molecule has 2 aromatic carbocycles. The average Bonchev–Trinajstić information content (AvgIpc) is 3.35. The third kappa shape index (κ3) is 5.75. The number of aromatic nitrogens is 1. The number of fused-ring (bicyclic) bond motifs is 1. The first-order valence-corrected chi connectivity index (χ1v) is 14.9. The molecule has 5 atom stereocenters. The standard InChI is InChI=1S/C34H42N2O6/c1-6-21-13-7-9-15-24(21)28-30(42-20-23-19-22-14-8-10-16-25(22)35-31(23)40-5)27(34(2,3)4)29(33(38)39)36(28)32(37)26-17-11-12-18-41-26/h7-10,13-16,19,26-30H,6,11-12,17-18,20H2,1-5H3,(H,38,39)/t26-,27+,28-,29-,30-/m0/s1. The molecule has 0 spiro atoms. The van der Waals surface area contributed by atoms with Crippen LogP contribution in [0.3, 0.4) is 0 Å². The molecule has 1 N–H and O–H groups in total. The number of carboxylic acid groups (broad SMARTS) is 1. The normalized spacial score (nSPS) is 24.6. The fraction of sp³-hybridized carbons (Fsp3) is 0.500. The number of nitrogens with zero attached hydrogens (tertiary/aromatic N) is 2. The Morgan fingerprint density at radius 1 is 1.07 bits per heavy atom. The largest absolute Gasteiger partial charge is 0.481 e. The quantitative estimate of drug-likeness (QED) is 0.355. The first kappa shape index (κ1) is 30.0. The molecule has 0 radical (unpaired) electrons. The Morgan fingerprint density at radius 2 is 1.81 bits per heavy atom. The molecule has 3 aromatic rings. The number of likely N-dealkylation sites (tertiary alicyclic amines) is 1. The number of amides is 1. The average molecular weight is 575 g/mol. The lowest BCUT2D eigenvalue weighted by molar-refractivity contribution is -0.159. The summed E-state index contributed by atoms with van der Waals surface area (Å²) in [6.45, 7) is 8.79. The monoisotopic (exact) mass is 574 g/mol. The number of hydrogen-bond donors (Lipinski definition) is 1. The number of aliphatic carboxylic acids is 1. The highest BCUT2D eigenvalue weighted by molar-refractivity contribution is 5.88. The van der Waals surface area contributed by atoms with Gasteiger partial charge >= 0.3 is 5.97 Å². The van der Waals surface area contributed by atoms with Gasteiger partial charge in [0.15, 0.2) is 0 Å². The van der Waals surface area contributed by atoms with Crippen LogP contribution in [0.25, 0.3) is 10.9 Å². The van der Waals surface area contributed by atoms with E-state index in [1.165, 1.54) is 0 Å². The van der Waals surface area contributed by atoms with E-state index in [4.69, 9.17) is 14.2 Å². The predicted molar refractivity (Wildman–Crippen MR) is 160 cm³/mol. The Labute approximate surface area is 248 Å². The number of ether oxygens (including phenoxy) is 3. The number of benzene rings is 2. The highest BCUT2D eigenvalue weighted by atomic mass is 16.5. The molecule has 42 heavy (non-hydrogen) atoms. The van der Waals surface area contributed by atoms with Crippen molar-refractivity contribution in [3.8, 4) is 5.88 Å². The van der Waals surface area contributed by atoms with Crippen molar-refractivity contribution in [1.82, 2.24) is 9.88 Å². The summed E-state index contributed by atoms with van der Waals surface area (Å²) in [6.07, 6.45) is 1.81. The minimum absolute atomic E-state index is 0.150. The van der Waals surface area contributed by atoms with Crippen LogP contribution in [0.5, 0.6) is 5.88 Å². The number of carboxylic acids is 1. The van der Waals surface area contributed by atoms with Crippen molar-refractivity contribution in [2.24, 2.45) is 11.3 Å². The first-order valence-electron chi connectivity index (χ1n) is 14.9. The molecule has 2 fully saturated rings. The van der Waals surface area contributed by atoms with Crippen molar-refractivity contribution in [3.05, 3.63) is 71.3 Å². The number of carbonyl (C=O) groups excluding carboxylic acids is 1. The van der Waals surface area contributed by atoms with E-state index in [-0.39, 0.29) is 12.5 Å². The number of carbonyl (C=O) groups is 2. The molecule has 0 unspecified atom stereocenters. The Hall–Kier alpha value is -3.49. The molecule has 0 bridgehead atoms. The maximum absolute atomic E-state index is 14.3. The summed E-state index contributed by atoms with van der Waals surface area (Å²) in [6, 6.07) is 16.1. The summed E-state index contributed by atoms with van der Waals surface area (Å²) >= 11 is 0. The molecular weight excluding hydrogens is 532 g/mol. The Morgan fingerprint density at radius 3 is 2.48 bits per heavy atom. The topological polar surface area (TPSA) is 98.2 Å². The smallest absolute Gasteiger partial charge is 0.326 e. The molecular formula is C34H42N2O6. The molecule has 2 aliphatic heterocycles. The van der Waals surface area contributed by atoms with E-state index in [2.05, 4.69) is 11.9 Å². The molecule has 3 heterocycles. The Kier molecular flexibility index (Phi) is 8.85. The lowest BCUT2D eigenvalue weighted by Crippen LogP contribution is -2.51. The van der Waals surface area contributed by atoms with Crippen LogP contribution in [0, 0.1) is 11.3 Å². The van der Waals surface area contributed by atoms with E-state index in [1.807, 2.05) is 75.4 Å². The van der Waals surface area contributed by atoms with Crippen molar-refractivity contribution in [3.63, 3.8) is 0 Å². The molecule has 5 rings (SSSR count). The summed E-state index contributed by atoms with van der Waals surface area (Å²) in [5, 5.41) is 11.7. The molecule has 1 amide bonds. The van der Waals surface area contributed by atoms with Gasteiger partial charge in [-0.25, -0.2) is 9.78 Å². The minimum atomic E-state index is -1.08. The zero-order valence-electron chi connectivity index (χ0n) is 25.2. The van der Waals surface area contributed by atoms with Gasteiger partial charge in [0.25, 0.3) is 5.91 Å². The molecule has 224 valence electrons. The second-order valence-corrected chi connectivity index (χ2v) is 12.4. The lowest BCUT2D eigenvalue weighted by Gasteiger charge is -2.35. The van der Waals surface area contributed by atoms with Crippen molar-refractivity contribution in [1.29, 1.82) is 0 Å². The van der Waals surface area contributed by atoms with Crippen molar-refractivity contribution < 1.29 is 28.9 Å². The van der Waals surface area contributed by atoms with Crippen LogP contribution in [0.15, 0.2) is 54.6 Å². The van der Waals surface area contributed by atoms with Gasteiger partial charge in [-0.2, -0.15) is 0 Å². The molecule has 8 heteroatoms. The van der Waals surface area contributed by atoms with Crippen LogP contribution in [-0.2, 0) is 32.1 Å². The van der Waals surface area contributed by atoms with E-state index in [1.54, 1.807) is 12.0 Å². The summed E-state index contributed by atoms with van der Waals surface area (Å²) in [4.78, 5) is 33.7. The molecule has 0 aliphatic carbocycles. The van der Waals surface area contributed by atoms with Gasteiger partial charge in [0.1, 0.15) is 12.1 Å². The number of hydrogen-bond acceptors (Lipinski definition) is 6. The van der Waals surface area contributed by atoms with Gasteiger partial charge in [0, 0.05) is 23.5 Å². The summed E-state index contributed by atoms with van der Waals surface area (Å²) < 4.78 is 18.4. The van der Waals surface area contributed by atoms with Crippen molar-refractivity contribution >= 4 is 22.8 Å². The number of aryl methyl sites for hydroxylation is 1. The molecule has 0 saturated carbocycles. The molecule has 2 saturated heterocycles. The zero-order chi connectivity index (χ0) is 30.0. The second kappa shape index (κ2) is 12.4. The zero-order valence-corrected chi connectivity index (χ0v) is 25.2. The molecule has 8 nitrogen and oxygen atoms in total. The van der Waals surface area contributed by atoms with Crippen LogP contribution in [0.2, 0.25) is 0 Å². The van der Waals surface area contributed by atoms with Crippen LogP contribution in [-0.4, -0.2) is 58.8 Å². The highest BCUT2D eigenvalue weighted by Crippen LogP contribution is 2.51. The highest BCUT2D eigenvalue weighted by Gasteiger charge is 2.59.